The van der Waals surface area contributed by atoms with Gasteiger partial charge in [-0.25, -0.2) is 0 Å². The molecule has 0 radical (unpaired) electrons. The second-order valence-corrected chi connectivity index (χ2v) is 10.3. The van der Waals surface area contributed by atoms with Gasteiger partial charge in [-0.3, -0.25) is 0 Å². The Labute approximate surface area is 142 Å². The first-order valence-corrected chi connectivity index (χ1v) is 10.5. The maximum atomic E-state index is 3.82. The maximum absolute atomic E-state index is 3.82. The van der Waals surface area contributed by atoms with Crippen LogP contribution in [0, 0.1) is 34.5 Å². The number of nitrogens with one attached hydrogen (secondary N) is 1. The van der Waals surface area contributed by atoms with Crippen molar-refractivity contribution in [2.24, 2.45) is 34.5 Å². The minimum Gasteiger partial charge on any atom is -0.386 e. The van der Waals surface area contributed by atoms with Gasteiger partial charge in [-0.1, -0.05) is 26.3 Å². The summed E-state index contributed by atoms with van der Waals surface area (Å²) >= 11 is 0. The Kier molecular flexibility index (Phi) is 3.24. The van der Waals surface area contributed by atoms with E-state index in [9.17, 15) is 0 Å². The van der Waals surface area contributed by atoms with Gasteiger partial charge >= 0.3 is 0 Å². The molecule has 1 unspecified atom stereocenters. The van der Waals surface area contributed by atoms with Crippen LogP contribution < -0.4 is 5.32 Å². The molecule has 0 aromatic heterocycles. The van der Waals surface area contributed by atoms with Crippen molar-refractivity contribution in [1.29, 1.82) is 0 Å². The van der Waals surface area contributed by atoms with Crippen molar-refractivity contribution < 1.29 is 0 Å². The predicted molar refractivity (Wildman–Crippen MR) is 96.0 cm³/mol. The van der Waals surface area contributed by atoms with E-state index >= 15 is 0 Å². The first-order valence-electron chi connectivity index (χ1n) is 10.5. The van der Waals surface area contributed by atoms with Crippen molar-refractivity contribution in [3.05, 3.63) is 11.8 Å². The van der Waals surface area contributed by atoms with Crippen molar-refractivity contribution in [1.82, 2.24) is 5.32 Å². The van der Waals surface area contributed by atoms with Crippen LogP contribution in [0.2, 0.25) is 0 Å². The zero-order chi connectivity index (χ0) is 15.7. The first-order chi connectivity index (χ1) is 11.1. The van der Waals surface area contributed by atoms with Crippen LogP contribution in [-0.2, 0) is 0 Å². The highest BCUT2D eigenvalue weighted by atomic mass is 15.0. The molecule has 5 aliphatic rings. The Morgan fingerprint density at radius 3 is 2.65 bits per heavy atom. The maximum Gasteiger partial charge on any atom is 0.0259 e. The van der Waals surface area contributed by atoms with E-state index < -0.39 is 0 Å². The highest BCUT2D eigenvalue weighted by Crippen LogP contribution is 2.65. The summed E-state index contributed by atoms with van der Waals surface area (Å²) in [6.45, 7) is 5.31. The zero-order valence-electron chi connectivity index (χ0n) is 15.2. The minimum absolute atomic E-state index is 0.613. The third-order valence-electron chi connectivity index (χ3n) is 9.07. The van der Waals surface area contributed by atoms with Crippen LogP contribution >= 0.6 is 0 Å². The molecule has 4 saturated carbocycles. The molecule has 5 aliphatic carbocycles. The molecule has 5 rings (SSSR count). The van der Waals surface area contributed by atoms with E-state index in [1.54, 1.807) is 18.5 Å². The highest BCUT2D eigenvalue weighted by molar-refractivity contribution is 5.17. The third kappa shape index (κ3) is 2.24. The summed E-state index contributed by atoms with van der Waals surface area (Å²) in [4.78, 5) is 0. The van der Waals surface area contributed by atoms with Crippen LogP contribution in [0.25, 0.3) is 0 Å². The predicted octanol–water partition coefficient (Wildman–Crippen LogP) is 5.67. The molecule has 23 heavy (non-hydrogen) atoms. The van der Waals surface area contributed by atoms with Crippen LogP contribution in [0.15, 0.2) is 11.8 Å². The minimum atomic E-state index is 0.613. The zero-order valence-corrected chi connectivity index (χ0v) is 15.2. The first kappa shape index (κ1) is 14.8. The van der Waals surface area contributed by atoms with Crippen LogP contribution in [0.3, 0.4) is 0 Å². The molecule has 128 valence electrons. The average molecular weight is 314 g/mol. The van der Waals surface area contributed by atoms with E-state index in [0.717, 1.165) is 29.7 Å². The molecule has 0 aromatic rings. The lowest BCUT2D eigenvalue weighted by Crippen LogP contribution is -2.52. The van der Waals surface area contributed by atoms with E-state index in [1.165, 1.54) is 57.8 Å². The summed E-state index contributed by atoms with van der Waals surface area (Å²) in [7, 11) is 0. The SMILES string of the molecule is C[C@@]12CCC[C@H]1[C@@H]1CCC3CC(NC4CC4)=CC[C@]3(C)[C@H]1CC2. The van der Waals surface area contributed by atoms with Crippen LogP contribution in [0.5, 0.6) is 0 Å². The Balaban J connectivity index is 1.39. The van der Waals surface area contributed by atoms with Crippen molar-refractivity contribution >= 4 is 0 Å². The summed E-state index contributed by atoms with van der Waals surface area (Å²) in [6.07, 6.45) is 18.8. The molecular weight excluding hydrogens is 278 g/mol. The Morgan fingerprint density at radius 2 is 1.83 bits per heavy atom. The highest BCUT2D eigenvalue weighted by Gasteiger charge is 2.57. The molecule has 0 bridgehead atoms. The fourth-order valence-electron chi connectivity index (χ4n) is 7.48. The number of fused-ring (bicyclic) bond motifs is 5. The second kappa shape index (κ2) is 5.02. The van der Waals surface area contributed by atoms with Crippen molar-refractivity contribution in [3.8, 4) is 0 Å². The van der Waals surface area contributed by atoms with Gasteiger partial charge in [0.2, 0.25) is 0 Å². The molecule has 0 amide bonds. The lowest BCUT2D eigenvalue weighted by Gasteiger charge is -2.59. The van der Waals surface area contributed by atoms with Gasteiger partial charge in [0.15, 0.2) is 0 Å². The monoisotopic (exact) mass is 313 g/mol. The summed E-state index contributed by atoms with van der Waals surface area (Å²) in [5, 5.41) is 3.82. The Bertz CT molecular complexity index is 518. The van der Waals surface area contributed by atoms with Gasteiger partial charge in [0.25, 0.3) is 0 Å². The number of hydrogen-bond acceptors (Lipinski definition) is 1. The van der Waals surface area contributed by atoms with Gasteiger partial charge in [-0.05, 0) is 98.7 Å². The largest absolute Gasteiger partial charge is 0.386 e. The van der Waals surface area contributed by atoms with Gasteiger partial charge in [0.1, 0.15) is 0 Å². The van der Waals surface area contributed by atoms with Crippen LogP contribution in [0.4, 0.5) is 0 Å². The molecule has 0 aromatic carbocycles. The molecule has 4 fully saturated rings. The molecular formula is C22H35N. The summed E-state index contributed by atoms with van der Waals surface area (Å²) in [6, 6.07) is 0.829. The van der Waals surface area contributed by atoms with Crippen LogP contribution in [-0.4, -0.2) is 6.04 Å². The molecule has 0 heterocycles. The van der Waals surface area contributed by atoms with E-state index in [-0.39, 0.29) is 0 Å². The second-order valence-electron chi connectivity index (χ2n) is 10.3. The van der Waals surface area contributed by atoms with E-state index in [2.05, 4.69) is 25.2 Å². The van der Waals surface area contributed by atoms with Gasteiger partial charge in [-0.2, -0.15) is 0 Å². The topological polar surface area (TPSA) is 12.0 Å². The molecule has 0 spiro atoms. The lowest BCUT2D eigenvalue weighted by molar-refractivity contribution is -0.0885. The molecule has 1 N–H and O–H groups in total. The third-order valence-corrected chi connectivity index (χ3v) is 9.07. The normalized spacial score (nSPS) is 52.2. The molecule has 1 heteroatoms. The fraction of sp³-hybridized carbons (Fsp3) is 0.909. The molecule has 0 aliphatic heterocycles. The van der Waals surface area contributed by atoms with Gasteiger partial charge in [-0.15, -0.1) is 0 Å². The summed E-state index contributed by atoms with van der Waals surface area (Å²) in [5.74, 6) is 4.11. The molecule has 0 saturated heterocycles. The quantitative estimate of drug-likeness (QED) is 0.693. The average Bonchev–Trinajstić information content (AvgIpc) is 3.25. The number of rotatable bonds is 2. The smallest absolute Gasteiger partial charge is 0.0259 e. The molecule has 6 atom stereocenters. The lowest BCUT2D eigenvalue weighted by atomic mass is 9.46. The number of allylic oxidation sites excluding steroid dienone is 2. The molecule has 1 nitrogen and oxygen atoms in total. The van der Waals surface area contributed by atoms with Gasteiger partial charge in [0.05, 0.1) is 0 Å². The van der Waals surface area contributed by atoms with Gasteiger partial charge < -0.3 is 5.32 Å². The van der Waals surface area contributed by atoms with Gasteiger partial charge in [0, 0.05) is 11.7 Å². The fourth-order valence-corrected chi connectivity index (χ4v) is 7.48. The summed E-state index contributed by atoms with van der Waals surface area (Å²) in [5.41, 5.74) is 2.93. The standard InChI is InChI=1S/C22H35N/c1-21-11-3-4-19(21)18-8-5-15-14-17(23-16-6-7-16)9-13-22(15,2)20(18)10-12-21/h9,15-16,18-20,23H,3-8,10-14H2,1-2H3/t15?,18-,19-,20-,21-,22-/m0/s1. The van der Waals surface area contributed by atoms with Crippen LogP contribution in [0.1, 0.15) is 84.5 Å². The van der Waals surface area contributed by atoms with E-state index in [4.69, 9.17) is 0 Å². The Morgan fingerprint density at radius 1 is 0.957 bits per heavy atom. The number of hydrogen-bond donors (Lipinski definition) is 1. The summed E-state index contributed by atoms with van der Waals surface area (Å²) < 4.78 is 0. The van der Waals surface area contributed by atoms with Crippen molar-refractivity contribution in [3.63, 3.8) is 0 Å². The van der Waals surface area contributed by atoms with E-state index in [0.29, 0.717) is 10.8 Å². The van der Waals surface area contributed by atoms with Crippen molar-refractivity contribution in [2.75, 3.05) is 0 Å². The Hall–Kier alpha value is -0.460. The van der Waals surface area contributed by atoms with E-state index in [1.807, 2.05) is 0 Å². The van der Waals surface area contributed by atoms with Crippen molar-refractivity contribution in [2.45, 2.75) is 90.5 Å².